The van der Waals surface area contributed by atoms with Crippen LogP contribution in [0.5, 0.6) is 0 Å². The molecule has 1 saturated carbocycles. The van der Waals surface area contributed by atoms with Gasteiger partial charge in [0.2, 0.25) is 0 Å². The first-order valence-corrected chi connectivity index (χ1v) is 6.29. The topological polar surface area (TPSA) is 76.1 Å². The predicted molar refractivity (Wildman–Crippen MR) is 68.7 cm³/mol. The number of aliphatic hydroxyl groups is 1. The van der Waals surface area contributed by atoms with Crippen LogP contribution in [-0.2, 0) is 7.05 Å². The Hall–Kier alpha value is -1.23. The lowest BCUT2D eigenvalue weighted by atomic mass is 9.74. The van der Waals surface area contributed by atoms with E-state index in [2.05, 4.69) is 10.4 Å². The van der Waals surface area contributed by atoms with Gasteiger partial charge in [-0.1, -0.05) is 19.3 Å². The largest absolute Gasteiger partial charge is 0.396 e. The van der Waals surface area contributed by atoms with Gasteiger partial charge in [0, 0.05) is 25.2 Å². The molecular weight excluding hydrogens is 216 g/mol. The molecule has 1 aromatic heterocycles. The summed E-state index contributed by atoms with van der Waals surface area (Å²) in [4.78, 5) is 0. The van der Waals surface area contributed by atoms with E-state index in [0.717, 1.165) is 25.2 Å². The van der Waals surface area contributed by atoms with Crippen molar-refractivity contribution in [3.8, 4) is 0 Å². The molecule has 1 aliphatic rings. The molecule has 0 aromatic carbocycles. The van der Waals surface area contributed by atoms with E-state index in [1.54, 1.807) is 10.9 Å². The average molecular weight is 238 g/mol. The number of nitrogen functional groups attached to an aromatic ring is 1. The molecule has 0 bridgehead atoms. The number of aromatic nitrogens is 2. The lowest BCUT2D eigenvalue weighted by molar-refractivity contribution is 0.0943. The summed E-state index contributed by atoms with van der Waals surface area (Å²) in [7, 11) is 1.85. The Balaban J connectivity index is 1.98. The van der Waals surface area contributed by atoms with Crippen molar-refractivity contribution >= 4 is 11.5 Å². The number of nitrogens with two attached hydrogens (primary N) is 1. The first-order chi connectivity index (χ1) is 8.15. The molecule has 17 heavy (non-hydrogen) atoms. The van der Waals surface area contributed by atoms with Crippen molar-refractivity contribution in [2.24, 2.45) is 12.5 Å². The van der Waals surface area contributed by atoms with Gasteiger partial charge in [0.25, 0.3) is 0 Å². The maximum Gasteiger partial charge on any atom is 0.171 e. The highest BCUT2D eigenvalue weighted by atomic mass is 16.3. The molecule has 0 saturated heterocycles. The second kappa shape index (κ2) is 4.96. The van der Waals surface area contributed by atoms with E-state index < -0.39 is 0 Å². The van der Waals surface area contributed by atoms with Crippen molar-refractivity contribution in [1.29, 1.82) is 0 Å². The van der Waals surface area contributed by atoms with E-state index in [1.807, 2.05) is 7.05 Å². The SMILES string of the molecule is Cn1cc(N)c(NCC2(CO)CCCCC2)n1. The van der Waals surface area contributed by atoms with Crippen LogP contribution in [0.2, 0.25) is 0 Å². The third kappa shape index (κ3) is 2.72. The Morgan fingerprint density at radius 3 is 2.71 bits per heavy atom. The standard InChI is InChI=1S/C12H22N4O/c1-16-7-10(13)11(15-16)14-8-12(9-17)5-3-2-4-6-12/h7,17H,2-6,8-9,13H2,1H3,(H,14,15). The molecule has 1 fully saturated rings. The molecule has 2 rings (SSSR count). The Morgan fingerprint density at radius 1 is 1.47 bits per heavy atom. The van der Waals surface area contributed by atoms with Crippen LogP contribution < -0.4 is 11.1 Å². The zero-order valence-corrected chi connectivity index (χ0v) is 10.4. The third-order valence-electron chi connectivity index (χ3n) is 3.74. The summed E-state index contributed by atoms with van der Waals surface area (Å²) in [5.41, 5.74) is 6.51. The van der Waals surface area contributed by atoms with Gasteiger partial charge in [-0.2, -0.15) is 5.10 Å². The van der Waals surface area contributed by atoms with Gasteiger partial charge in [-0.3, -0.25) is 4.68 Å². The van der Waals surface area contributed by atoms with Gasteiger partial charge in [-0.15, -0.1) is 0 Å². The molecule has 1 heterocycles. The third-order valence-corrected chi connectivity index (χ3v) is 3.74. The van der Waals surface area contributed by atoms with Crippen LogP contribution in [0, 0.1) is 5.41 Å². The van der Waals surface area contributed by atoms with Crippen LogP contribution >= 0.6 is 0 Å². The summed E-state index contributed by atoms with van der Waals surface area (Å²) in [6.45, 7) is 0.997. The number of hydrogen-bond acceptors (Lipinski definition) is 4. The number of nitrogens with one attached hydrogen (secondary N) is 1. The van der Waals surface area contributed by atoms with Crippen molar-refractivity contribution < 1.29 is 5.11 Å². The van der Waals surface area contributed by atoms with Crippen LogP contribution in [0.25, 0.3) is 0 Å². The van der Waals surface area contributed by atoms with Gasteiger partial charge in [0.15, 0.2) is 5.82 Å². The maximum absolute atomic E-state index is 9.60. The van der Waals surface area contributed by atoms with Crippen LogP contribution in [0.15, 0.2) is 6.20 Å². The highest BCUT2D eigenvalue weighted by Crippen LogP contribution is 2.36. The van der Waals surface area contributed by atoms with E-state index in [4.69, 9.17) is 5.73 Å². The van der Waals surface area contributed by atoms with Gasteiger partial charge < -0.3 is 16.2 Å². The summed E-state index contributed by atoms with van der Waals surface area (Å²) in [5, 5.41) is 17.1. The predicted octanol–water partition coefficient (Wildman–Crippen LogP) is 1.36. The molecule has 0 unspecified atom stereocenters. The quantitative estimate of drug-likeness (QED) is 0.740. The summed E-state index contributed by atoms with van der Waals surface area (Å²) in [6, 6.07) is 0. The molecule has 0 amide bonds. The highest BCUT2D eigenvalue weighted by Gasteiger charge is 2.31. The monoisotopic (exact) mass is 238 g/mol. The average Bonchev–Trinajstić information content (AvgIpc) is 2.67. The minimum absolute atomic E-state index is 0.0161. The Bertz CT molecular complexity index is 369. The van der Waals surface area contributed by atoms with Crippen LogP contribution in [0.3, 0.4) is 0 Å². The number of aliphatic hydroxyl groups excluding tert-OH is 1. The molecule has 96 valence electrons. The van der Waals surface area contributed by atoms with E-state index in [0.29, 0.717) is 5.69 Å². The van der Waals surface area contributed by atoms with Crippen LogP contribution in [0.4, 0.5) is 11.5 Å². The summed E-state index contributed by atoms with van der Waals surface area (Å²) < 4.78 is 1.70. The molecule has 4 N–H and O–H groups in total. The molecule has 5 heteroatoms. The zero-order valence-electron chi connectivity index (χ0n) is 10.4. The fourth-order valence-electron chi connectivity index (χ4n) is 2.61. The van der Waals surface area contributed by atoms with Crippen molar-refractivity contribution in [1.82, 2.24) is 9.78 Å². The van der Waals surface area contributed by atoms with Crippen LogP contribution in [0.1, 0.15) is 32.1 Å². The first-order valence-electron chi connectivity index (χ1n) is 6.29. The van der Waals surface area contributed by atoms with Crippen LogP contribution in [-0.4, -0.2) is 28.0 Å². The Kier molecular flexibility index (Phi) is 3.57. The summed E-state index contributed by atoms with van der Waals surface area (Å²) in [6.07, 6.45) is 7.66. The maximum atomic E-state index is 9.60. The van der Waals surface area contributed by atoms with Crippen molar-refractivity contribution in [2.45, 2.75) is 32.1 Å². The van der Waals surface area contributed by atoms with Gasteiger partial charge >= 0.3 is 0 Å². The van der Waals surface area contributed by atoms with E-state index in [-0.39, 0.29) is 12.0 Å². The molecule has 1 aliphatic carbocycles. The van der Waals surface area contributed by atoms with Crippen molar-refractivity contribution in [3.05, 3.63) is 6.20 Å². The summed E-state index contributed by atoms with van der Waals surface area (Å²) in [5.74, 6) is 0.728. The fraction of sp³-hybridized carbons (Fsp3) is 0.750. The minimum Gasteiger partial charge on any atom is -0.396 e. The number of aryl methyl sites for hydroxylation is 1. The molecule has 1 aromatic rings. The fourth-order valence-corrected chi connectivity index (χ4v) is 2.61. The number of hydrogen-bond donors (Lipinski definition) is 3. The molecule has 0 spiro atoms. The van der Waals surface area contributed by atoms with Gasteiger partial charge in [0.05, 0.1) is 12.3 Å². The molecule has 0 radical (unpaired) electrons. The van der Waals surface area contributed by atoms with Crippen molar-refractivity contribution in [3.63, 3.8) is 0 Å². The molecule has 5 nitrogen and oxygen atoms in total. The number of anilines is 2. The Labute approximate surface area is 102 Å². The zero-order chi connectivity index (χ0) is 12.3. The lowest BCUT2D eigenvalue weighted by Gasteiger charge is -2.35. The van der Waals surface area contributed by atoms with Gasteiger partial charge in [-0.05, 0) is 12.8 Å². The van der Waals surface area contributed by atoms with Crippen molar-refractivity contribution in [2.75, 3.05) is 24.2 Å². The lowest BCUT2D eigenvalue weighted by Crippen LogP contribution is -2.35. The van der Waals surface area contributed by atoms with Gasteiger partial charge in [-0.25, -0.2) is 0 Å². The number of rotatable bonds is 4. The summed E-state index contributed by atoms with van der Waals surface area (Å²) >= 11 is 0. The minimum atomic E-state index is 0.0161. The Morgan fingerprint density at radius 2 is 2.18 bits per heavy atom. The smallest absolute Gasteiger partial charge is 0.171 e. The first kappa shape index (κ1) is 12.2. The van der Waals surface area contributed by atoms with Gasteiger partial charge in [0.1, 0.15) is 0 Å². The molecular formula is C12H22N4O. The second-order valence-electron chi connectivity index (χ2n) is 5.18. The molecule has 0 atom stereocenters. The normalized spacial score (nSPS) is 19.2. The highest BCUT2D eigenvalue weighted by molar-refractivity contribution is 5.59. The number of nitrogens with zero attached hydrogens (tertiary/aromatic N) is 2. The van der Waals surface area contributed by atoms with E-state index >= 15 is 0 Å². The second-order valence-corrected chi connectivity index (χ2v) is 5.18. The molecule has 0 aliphatic heterocycles. The van der Waals surface area contributed by atoms with E-state index in [9.17, 15) is 5.11 Å². The van der Waals surface area contributed by atoms with E-state index in [1.165, 1.54) is 19.3 Å².